The Labute approximate surface area is 115 Å². The van der Waals surface area contributed by atoms with Crippen LogP contribution in [0.4, 0.5) is 11.5 Å². The number of hydrogen-bond donors (Lipinski definition) is 2. The van der Waals surface area contributed by atoms with Gasteiger partial charge in [0.2, 0.25) is 0 Å². The van der Waals surface area contributed by atoms with E-state index in [1.54, 1.807) is 13.0 Å². The van der Waals surface area contributed by atoms with Crippen molar-refractivity contribution in [2.24, 2.45) is 0 Å². The van der Waals surface area contributed by atoms with Gasteiger partial charge in [0, 0.05) is 11.8 Å². The summed E-state index contributed by atoms with van der Waals surface area (Å²) in [6.45, 7) is 1.79. The number of rotatable bonds is 3. The van der Waals surface area contributed by atoms with E-state index >= 15 is 0 Å². The Morgan fingerprint density at radius 2 is 2.00 bits per heavy atom. The molecule has 0 atom stereocenters. The number of nitrogen functional groups attached to an aromatic ring is 1. The van der Waals surface area contributed by atoms with E-state index in [4.69, 9.17) is 17.3 Å². The quantitative estimate of drug-likeness (QED) is 0.665. The van der Waals surface area contributed by atoms with Gasteiger partial charge in [0.25, 0.3) is 10.0 Å². The number of aryl methyl sites for hydroxylation is 1. The molecular weight excluding hydrogens is 288 g/mol. The third kappa shape index (κ3) is 3.12. The van der Waals surface area contributed by atoms with Gasteiger partial charge in [-0.2, -0.15) is 0 Å². The molecule has 1 aromatic heterocycles. The van der Waals surface area contributed by atoms with Gasteiger partial charge >= 0.3 is 0 Å². The summed E-state index contributed by atoms with van der Waals surface area (Å²) in [5.74, 6) is 0.0964. The van der Waals surface area contributed by atoms with Crippen molar-refractivity contribution >= 4 is 33.1 Å². The topological polar surface area (TPSA) is 98.0 Å². The van der Waals surface area contributed by atoms with Gasteiger partial charge in [0.05, 0.1) is 4.90 Å². The van der Waals surface area contributed by atoms with Crippen LogP contribution in [0.2, 0.25) is 5.15 Å². The highest BCUT2D eigenvalue weighted by molar-refractivity contribution is 7.92. The van der Waals surface area contributed by atoms with Gasteiger partial charge in [0.1, 0.15) is 17.3 Å². The number of benzene rings is 1. The maximum atomic E-state index is 12.1. The summed E-state index contributed by atoms with van der Waals surface area (Å²) >= 11 is 5.66. The van der Waals surface area contributed by atoms with Gasteiger partial charge in [-0.25, -0.2) is 18.4 Å². The molecule has 0 saturated heterocycles. The summed E-state index contributed by atoms with van der Waals surface area (Å²) < 4.78 is 26.5. The second-order valence-electron chi connectivity index (χ2n) is 3.85. The number of halogens is 1. The number of aromatic nitrogens is 2. The zero-order valence-electron chi connectivity index (χ0n) is 9.96. The standard InChI is InChI=1S/C11H11ClN4O2S/c1-7-2-3-8(4-9(7)13)19(17,18)16-11-5-10(12)14-6-15-11/h2-6H,13H2,1H3,(H,14,15,16). The Morgan fingerprint density at radius 1 is 1.26 bits per heavy atom. The molecular formula is C11H11ClN4O2S. The number of hydrogen-bond acceptors (Lipinski definition) is 5. The average Bonchev–Trinajstić information content (AvgIpc) is 2.32. The van der Waals surface area contributed by atoms with Gasteiger partial charge < -0.3 is 5.73 Å². The molecule has 0 unspecified atom stereocenters. The lowest BCUT2D eigenvalue weighted by molar-refractivity contribution is 0.601. The first kappa shape index (κ1) is 13.6. The van der Waals surface area contributed by atoms with Crippen LogP contribution in [-0.4, -0.2) is 18.4 Å². The molecule has 0 saturated carbocycles. The minimum atomic E-state index is -3.75. The summed E-state index contributed by atoms with van der Waals surface area (Å²) in [6.07, 6.45) is 1.17. The SMILES string of the molecule is Cc1ccc(S(=O)(=O)Nc2cc(Cl)ncn2)cc1N. The van der Waals surface area contributed by atoms with Gasteiger partial charge in [-0.1, -0.05) is 17.7 Å². The van der Waals surface area contributed by atoms with Crippen molar-refractivity contribution < 1.29 is 8.42 Å². The predicted octanol–water partition coefficient (Wildman–Crippen LogP) is 1.82. The van der Waals surface area contributed by atoms with Crippen LogP contribution in [0.3, 0.4) is 0 Å². The Hall–Kier alpha value is -1.86. The second kappa shape index (κ2) is 5.02. The Morgan fingerprint density at radius 3 is 2.63 bits per heavy atom. The first-order valence-corrected chi connectivity index (χ1v) is 7.11. The molecule has 0 bridgehead atoms. The summed E-state index contributed by atoms with van der Waals surface area (Å²) in [7, 11) is -3.75. The van der Waals surface area contributed by atoms with E-state index in [0.29, 0.717) is 5.69 Å². The molecule has 0 aliphatic carbocycles. The number of nitrogens with one attached hydrogen (secondary N) is 1. The molecule has 6 nitrogen and oxygen atoms in total. The lowest BCUT2D eigenvalue weighted by Gasteiger charge is -2.08. The van der Waals surface area contributed by atoms with Gasteiger partial charge in [-0.3, -0.25) is 4.72 Å². The van der Waals surface area contributed by atoms with Crippen LogP contribution in [0.1, 0.15) is 5.56 Å². The maximum Gasteiger partial charge on any atom is 0.263 e. The highest BCUT2D eigenvalue weighted by Crippen LogP contribution is 2.20. The van der Waals surface area contributed by atoms with E-state index in [2.05, 4.69) is 14.7 Å². The number of anilines is 2. The molecule has 0 amide bonds. The van der Waals surface area contributed by atoms with Gasteiger partial charge in [-0.05, 0) is 24.6 Å². The van der Waals surface area contributed by atoms with Crippen LogP contribution < -0.4 is 10.5 Å². The lowest BCUT2D eigenvalue weighted by atomic mass is 10.2. The van der Waals surface area contributed by atoms with Crippen molar-refractivity contribution in [3.63, 3.8) is 0 Å². The average molecular weight is 299 g/mol. The molecule has 2 rings (SSSR count). The van der Waals surface area contributed by atoms with Crippen molar-refractivity contribution in [2.75, 3.05) is 10.5 Å². The van der Waals surface area contributed by atoms with Crippen LogP contribution in [0.15, 0.2) is 35.5 Å². The minimum Gasteiger partial charge on any atom is -0.398 e. The maximum absolute atomic E-state index is 12.1. The fourth-order valence-corrected chi connectivity index (χ4v) is 2.55. The van der Waals surface area contributed by atoms with Crippen molar-refractivity contribution in [1.82, 2.24) is 9.97 Å². The first-order valence-electron chi connectivity index (χ1n) is 5.25. The van der Waals surface area contributed by atoms with Crippen LogP contribution in [0, 0.1) is 6.92 Å². The third-order valence-corrected chi connectivity index (χ3v) is 3.99. The van der Waals surface area contributed by atoms with Crippen molar-refractivity contribution in [3.8, 4) is 0 Å². The van der Waals surface area contributed by atoms with Crippen LogP contribution >= 0.6 is 11.6 Å². The first-order chi connectivity index (χ1) is 8.88. The lowest BCUT2D eigenvalue weighted by Crippen LogP contribution is -2.14. The molecule has 0 aliphatic rings. The van der Waals surface area contributed by atoms with Crippen LogP contribution in [0.25, 0.3) is 0 Å². The van der Waals surface area contributed by atoms with E-state index < -0.39 is 10.0 Å². The monoisotopic (exact) mass is 298 g/mol. The molecule has 100 valence electrons. The Kier molecular flexibility index (Phi) is 3.59. The van der Waals surface area contributed by atoms with Gasteiger partial charge in [-0.15, -0.1) is 0 Å². The molecule has 2 aromatic rings. The molecule has 1 aromatic carbocycles. The molecule has 0 fully saturated rings. The number of nitrogens with zero attached hydrogens (tertiary/aromatic N) is 2. The minimum absolute atomic E-state index is 0.0605. The summed E-state index contributed by atoms with van der Waals surface area (Å²) in [5, 5.41) is 0.149. The summed E-state index contributed by atoms with van der Waals surface area (Å²) in [6, 6.07) is 5.81. The molecule has 8 heteroatoms. The number of sulfonamides is 1. The zero-order chi connectivity index (χ0) is 14.0. The third-order valence-electron chi connectivity index (χ3n) is 2.43. The van der Waals surface area contributed by atoms with E-state index in [9.17, 15) is 8.42 Å². The van der Waals surface area contributed by atoms with Crippen molar-refractivity contribution in [3.05, 3.63) is 41.3 Å². The van der Waals surface area contributed by atoms with E-state index in [1.165, 1.54) is 24.5 Å². The highest BCUT2D eigenvalue weighted by atomic mass is 35.5. The number of nitrogens with two attached hydrogens (primary N) is 1. The highest BCUT2D eigenvalue weighted by Gasteiger charge is 2.15. The van der Waals surface area contributed by atoms with Crippen molar-refractivity contribution in [2.45, 2.75) is 11.8 Å². The van der Waals surface area contributed by atoms with Crippen LogP contribution in [0.5, 0.6) is 0 Å². The predicted molar refractivity (Wildman–Crippen MR) is 73.4 cm³/mol. The summed E-state index contributed by atoms with van der Waals surface area (Å²) in [5.41, 5.74) is 6.91. The Balaban J connectivity index is 2.35. The summed E-state index contributed by atoms with van der Waals surface area (Å²) in [4.78, 5) is 7.50. The zero-order valence-corrected chi connectivity index (χ0v) is 11.5. The second-order valence-corrected chi connectivity index (χ2v) is 5.92. The largest absolute Gasteiger partial charge is 0.398 e. The van der Waals surface area contributed by atoms with E-state index in [1.807, 2.05) is 0 Å². The Bertz CT molecular complexity index is 718. The molecule has 0 radical (unpaired) electrons. The fourth-order valence-electron chi connectivity index (χ4n) is 1.37. The normalized spacial score (nSPS) is 11.3. The van der Waals surface area contributed by atoms with Gasteiger partial charge in [0.15, 0.2) is 0 Å². The molecule has 19 heavy (non-hydrogen) atoms. The molecule has 0 aliphatic heterocycles. The fraction of sp³-hybridized carbons (Fsp3) is 0.0909. The van der Waals surface area contributed by atoms with Crippen molar-refractivity contribution in [1.29, 1.82) is 0 Å². The smallest absolute Gasteiger partial charge is 0.263 e. The molecule has 3 N–H and O–H groups in total. The van der Waals surface area contributed by atoms with E-state index in [-0.39, 0.29) is 15.9 Å². The van der Waals surface area contributed by atoms with Crippen LogP contribution in [-0.2, 0) is 10.0 Å². The molecule has 0 spiro atoms. The van der Waals surface area contributed by atoms with E-state index in [0.717, 1.165) is 5.56 Å². The molecule has 1 heterocycles.